The number of ether oxygens (including phenoxy) is 2. The van der Waals surface area contributed by atoms with Gasteiger partial charge >= 0.3 is 0 Å². The van der Waals surface area contributed by atoms with Crippen LogP contribution < -0.4 is 19.7 Å². The maximum Gasteiger partial charge on any atom is 0.232 e. The third-order valence-electron chi connectivity index (χ3n) is 5.84. The molecule has 1 aliphatic heterocycles. The number of halogens is 1. The molecule has 0 aliphatic carbocycles. The van der Waals surface area contributed by atoms with Gasteiger partial charge in [-0.15, -0.1) is 0 Å². The summed E-state index contributed by atoms with van der Waals surface area (Å²) in [5.74, 6) is 0.350. The molecule has 176 valence electrons. The molecule has 4 aromatic rings. The molecule has 11 heteroatoms. The van der Waals surface area contributed by atoms with Crippen molar-refractivity contribution in [3.8, 4) is 22.8 Å². The van der Waals surface area contributed by atoms with Gasteiger partial charge in [-0.25, -0.2) is 19.3 Å². The van der Waals surface area contributed by atoms with Gasteiger partial charge in [-0.1, -0.05) is 0 Å². The highest BCUT2D eigenvalue weighted by Gasteiger charge is 2.26. The molecule has 34 heavy (non-hydrogen) atoms. The van der Waals surface area contributed by atoms with E-state index in [1.54, 1.807) is 34.2 Å². The number of benzene rings is 1. The lowest BCUT2D eigenvalue weighted by Gasteiger charge is -2.27. The zero-order chi connectivity index (χ0) is 23.7. The van der Waals surface area contributed by atoms with E-state index in [1.165, 1.54) is 20.3 Å². The fraction of sp³-hybridized carbons (Fsp3) is 0.348. The van der Waals surface area contributed by atoms with Crippen molar-refractivity contribution in [1.29, 1.82) is 0 Å². The molecule has 5 rings (SSSR count). The summed E-state index contributed by atoms with van der Waals surface area (Å²) in [5, 5.41) is 7.65. The summed E-state index contributed by atoms with van der Waals surface area (Å²) in [7, 11) is 4.79. The molecule has 0 bridgehead atoms. The van der Waals surface area contributed by atoms with Crippen molar-refractivity contribution in [1.82, 2.24) is 35.0 Å². The molecule has 0 radical (unpaired) electrons. The summed E-state index contributed by atoms with van der Waals surface area (Å²) in [6.45, 7) is 1.38. The second-order valence-corrected chi connectivity index (χ2v) is 8.10. The Kier molecular flexibility index (Phi) is 5.93. The Morgan fingerprint density at radius 3 is 2.74 bits per heavy atom. The van der Waals surface area contributed by atoms with E-state index in [4.69, 9.17) is 9.47 Å². The Morgan fingerprint density at radius 1 is 1.15 bits per heavy atom. The molecule has 1 fully saturated rings. The molecule has 1 atom stereocenters. The van der Waals surface area contributed by atoms with Crippen LogP contribution in [0.3, 0.4) is 0 Å². The van der Waals surface area contributed by atoms with Crippen molar-refractivity contribution in [3.05, 3.63) is 42.7 Å². The molecular formula is C23H25FN8O2. The van der Waals surface area contributed by atoms with Gasteiger partial charge < -0.3 is 19.7 Å². The molecule has 0 spiro atoms. The maximum absolute atomic E-state index is 15.5. The highest BCUT2D eigenvalue weighted by atomic mass is 19.1. The third-order valence-corrected chi connectivity index (χ3v) is 5.84. The zero-order valence-corrected chi connectivity index (χ0v) is 19.2. The average molecular weight is 465 g/mol. The Bertz CT molecular complexity index is 1320. The molecule has 1 aliphatic rings. The molecule has 1 N–H and O–H groups in total. The summed E-state index contributed by atoms with van der Waals surface area (Å²) in [6, 6.07) is 3.29. The number of hydrogen-bond acceptors (Lipinski definition) is 9. The number of aromatic nitrogens is 6. The number of rotatable bonds is 7. The fourth-order valence-corrected chi connectivity index (χ4v) is 4.07. The third kappa shape index (κ3) is 4.21. The number of nitrogens with one attached hydrogen (secondary N) is 1. The second-order valence-electron chi connectivity index (χ2n) is 8.10. The number of fused-ring (bicyclic) bond motifs is 1. The average Bonchev–Trinajstić information content (AvgIpc) is 3.54. The van der Waals surface area contributed by atoms with Gasteiger partial charge in [-0.05, 0) is 19.4 Å². The van der Waals surface area contributed by atoms with Gasteiger partial charge in [0.05, 0.1) is 44.2 Å². The standard InChI is InChI=1S/C23H25FN8O2/c1-31-12-14(9-28-31)17-10-26-18-11-27-23(30-22(18)29-17)32(13-15-5-4-6-25-15)19-7-16(33-2)8-20(34-3)21(19)24/h7-12,15,25H,4-6,13H2,1-3H3/t15-/m0/s1. The Hall–Kier alpha value is -3.86. The summed E-state index contributed by atoms with van der Waals surface area (Å²) in [6.07, 6.45) is 8.86. The molecule has 0 unspecified atom stereocenters. The smallest absolute Gasteiger partial charge is 0.232 e. The Labute approximate surface area is 195 Å². The Balaban J connectivity index is 1.61. The number of hydrogen-bond donors (Lipinski definition) is 1. The van der Waals surface area contributed by atoms with Gasteiger partial charge in [0.25, 0.3) is 0 Å². The molecule has 4 heterocycles. The second kappa shape index (κ2) is 9.18. The van der Waals surface area contributed by atoms with Gasteiger partial charge in [0.15, 0.2) is 17.2 Å². The molecule has 0 amide bonds. The van der Waals surface area contributed by atoms with Crippen molar-refractivity contribution < 1.29 is 13.9 Å². The van der Waals surface area contributed by atoms with Gasteiger partial charge in [0, 0.05) is 43.5 Å². The number of anilines is 2. The van der Waals surface area contributed by atoms with E-state index in [-0.39, 0.29) is 17.5 Å². The van der Waals surface area contributed by atoms with Crippen LogP contribution in [0.1, 0.15) is 12.8 Å². The van der Waals surface area contributed by atoms with E-state index in [0.29, 0.717) is 35.1 Å². The van der Waals surface area contributed by atoms with Crippen LogP contribution in [0.2, 0.25) is 0 Å². The van der Waals surface area contributed by atoms with Crippen molar-refractivity contribution >= 4 is 22.8 Å². The van der Waals surface area contributed by atoms with E-state index in [0.717, 1.165) is 24.9 Å². The van der Waals surface area contributed by atoms with Crippen LogP contribution in [0.25, 0.3) is 22.4 Å². The first-order valence-corrected chi connectivity index (χ1v) is 11.0. The summed E-state index contributed by atoms with van der Waals surface area (Å²) < 4.78 is 27.8. The molecular weight excluding hydrogens is 439 g/mol. The highest BCUT2D eigenvalue weighted by molar-refractivity contribution is 5.75. The summed E-state index contributed by atoms with van der Waals surface area (Å²) in [4.78, 5) is 20.0. The minimum absolute atomic E-state index is 0.0816. The van der Waals surface area contributed by atoms with Crippen LogP contribution in [0.15, 0.2) is 36.9 Å². The van der Waals surface area contributed by atoms with Crippen LogP contribution >= 0.6 is 0 Å². The normalized spacial score (nSPS) is 15.6. The van der Waals surface area contributed by atoms with Crippen LogP contribution in [-0.4, -0.2) is 63.1 Å². The number of methoxy groups -OCH3 is 2. The maximum atomic E-state index is 15.5. The van der Waals surface area contributed by atoms with E-state index < -0.39 is 5.82 Å². The van der Waals surface area contributed by atoms with E-state index in [2.05, 4.69) is 30.4 Å². The SMILES string of the molecule is COc1cc(OC)c(F)c(N(C[C@@H]2CCCN2)c2ncc3ncc(-c4cnn(C)c4)nc3n2)c1. The van der Waals surface area contributed by atoms with E-state index >= 15 is 4.39 Å². The number of aryl methyl sites for hydroxylation is 1. The number of nitrogens with zero attached hydrogens (tertiary/aromatic N) is 7. The van der Waals surface area contributed by atoms with Gasteiger partial charge in [0.1, 0.15) is 11.3 Å². The first-order valence-electron chi connectivity index (χ1n) is 11.0. The molecule has 1 saturated heterocycles. The summed E-state index contributed by atoms with van der Waals surface area (Å²) in [5.41, 5.74) is 2.68. The fourth-order valence-electron chi connectivity index (χ4n) is 4.07. The topological polar surface area (TPSA) is 103 Å². The van der Waals surface area contributed by atoms with E-state index in [1.807, 2.05) is 13.2 Å². The first kappa shape index (κ1) is 22.0. The summed E-state index contributed by atoms with van der Waals surface area (Å²) >= 11 is 0. The highest BCUT2D eigenvalue weighted by Crippen LogP contribution is 2.36. The lowest BCUT2D eigenvalue weighted by Crippen LogP contribution is -2.36. The lowest BCUT2D eigenvalue weighted by atomic mass is 10.2. The van der Waals surface area contributed by atoms with Crippen LogP contribution in [0.4, 0.5) is 16.0 Å². The molecule has 1 aromatic carbocycles. The van der Waals surface area contributed by atoms with Gasteiger partial charge in [-0.2, -0.15) is 10.1 Å². The van der Waals surface area contributed by atoms with Crippen molar-refractivity contribution in [2.75, 3.05) is 32.2 Å². The van der Waals surface area contributed by atoms with Gasteiger partial charge in [0.2, 0.25) is 5.95 Å². The van der Waals surface area contributed by atoms with Crippen molar-refractivity contribution in [2.45, 2.75) is 18.9 Å². The predicted molar refractivity (Wildman–Crippen MR) is 125 cm³/mol. The van der Waals surface area contributed by atoms with Crippen molar-refractivity contribution in [2.24, 2.45) is 7.05 Å². The quantitative estimate of drug-likeness (QED) is 0.442. The Morgan fingerprint density at radius 2 is 2.03 bits per heavy atom. The zero-order valence-electron chi connectivity index (χ0n) is 19.2. The van der Waals surface area contributed by atoms with Crippen molar-refractivity contribution in [3.63, 3.8) is 0 Å². The minimum Gasteiger partial charge on any atom is -0.497 e. The minimum atomic E-state index is -0.514. The first-order chi connectivity index (χ1) is 16.6. The van der Waals surface area contributed by atoms with Crippen LogP contribution in [0, 0.1) is 5.82 Å². The largest absolute Gasteiger partial charge is 0.497 e. The van der Waals surface area contributed by atoms with E-state index in [9.17, 15) is 0 Å². The predicted octanol–water partition coefficient (Wildman–Crippen LogP) is 2.87. The van der Waals surface area contributed by atoms with Crippen LogP contribution in [-0.2, 0) is 7.05 Å². The molecule has 10 nitrogen and oxygen atoms in total. The van der Waals surface area contributed by atoms with Crippen LogP contribution in [0.5, 0.6) is 11.5 Å². The molecule has 3 aromatic heterocycles. The monoisotopic (exact) mass is 464 g/mol. The lowest BCUT2D eigenvalue weighted by molar-refractivity contribution is 0.374. The van der Waals surface area contributed by atoms with Gasteiger partial charge in [-0.3, -0.25) is 4.68 Å². The molecule has 0 saturated carbocycles.